The summed E-state index contributed by atoms with van der Waals surface area (Å²) >= 11 is 6.13. The molecule has 92 valence electrons. The Hall–Kier alpha value is 0.400. The first-order valence-electron chi connectivity index (χ1n) is 4.95. The zero-order chi connectivity index (χ0) is 12.2. The summed E-state index contributed by atoms with van der Waals surface area (Å²) in [4.78, 5) is 17.4. The van der Waals surface area contributed by atoms with Gasteiger partial charge in [0, 0.05) is 0 Å². The molecule has 0 aliphatic rings. The van der Waals surface area contributed by atoms with E-state index in [2.05, 4.69) is 0 Å². The van der Waals surface area contributed by atoms with Gasteiger partial charge in [-0.05, 0) is 11.8 Å². The van der Waals surface area contributed by atoms with Gasteiger partial charge in [-0.3, -0.25) is 4.57 Å². The molecule has 0 aromatic heterocycles. The maximum Gasteiger partial charge on any atom is 0.350 e. The average Bonchev–Trinajstić information content (AvgIpc) is 2.01. The molecule has 6 heteroatoms. The highest BCUT2D eigenvalue weighted by atomic mass is 35.5. The van der Waals surface area contributed by atoms with Crippen LogP contribution in [0.2, 0.25) is 0 Å². The van der Waals surface area contributed by atoms with Crippen molar-refractivity contribution in [2.24, 2.45) is 11.8 Å². The van der Waals surface area contributed by atoms with E-state index in [4.69, 9.17) is 26.1 Å². The Morgan fingerprint density at radius 2 is 1.67 bits per heavy atom. The standard InChI is InChI=1S/C9H20ClO4P/c1-6(2)8(10)9(7(3)4)14-5-15(11,12)13/h6-9H,5H2,1-4H3,(H2,11,12,13). The third-order valence-corrected chi connectivity index (χ3v) is 3.28. The highest BCUT2D eigenvalue weighted by Crippen LogP contribution is 2.36. The fourth-order valence-corrected chi connectivity index (χ4v) is 1.94. The zero-order valence-electron chi connectivity index (χ0n) is 9.55. The van der Waals surface area contributed by atoms with E-state index >= 15 is 0 Å². The Balaban J connectivity index is 4.36. The topological polar surface area (TPSA) is 66.8 Å². The van der Waals surface area contributed by atoms with Gasteiger partial charge in [0.25, 0.3) is 0 Å². The predicted molar refractivity (Wildman–Crippen MR) is 61.1 cm³/mol. The Kier molecular flexibility index (Phi) is 6.38. The van der Waals surface area contributed by atoms with Crippen molar-refractivity contribution in [3.05, 3.63) is 0 Å². The van der Waals surface area contributed by atoms with E-state index in [0.29, 0.717) is 0 Å². The van der Waals surface area contributed by atoms with Crippen LogP contribution in [0.3, 0.4) is 0 Å². The monoisotopic (exact) mass is 258 g/mol. The number of rotatable bonds is 6. The van der Waals surface area contributed by atoms with Gasteiger partial charge < -0.3 is 14.5 Å². The van der Waals surface area contributed by atoms with E-state index in [9.17, 15) is 4.57 Å². The molecule has 0 fully saturated rings. The van der Waals surface area contributed by atoms with Crippen LogP contribution in [0, 0.1) is 11.8 Å². The first-order chi connectivity index (χ1) is 6.65. The molecule has 0 amide bonds. The van der Waals surface area contributed by atoms with Crippen molar-refractivity contribution in [3.8, 4) is 0 Å². The largest absolute Gasteiger partial charge is 0.364 e. The van der Waals surface area contributed by atoms with Gasteiger partial charge >= 0.3 is 7.60 Å². The first-order valence-corrected chi connectivity index (χ1v) is 7.18. The quantitative estimate of drug-likeness (QED) is 0.567. The third-order valence-electron chi connectivity index (χ3n) is 2.04. The van der Waals surface area contributed by atoms with Crippen LogP contribution < -0.4 is 0 Å². The zero-order valence-corrected chi connectivity index (χ0v) is 11.2. The summed E-state index contributed by atoms with van der Waals surface area (Å²) in [6.07, 6.45) is -0.898. The molecule has 0 spiro atoms. The summed E-state index contributed by atoms with van der Waals surface area (Å²) < 4.78 is 15.9. The second-order valence-electron chi connectivity index (χ2n) is 4.36. The van der Waals surface area contributed by atoms with Crippen molar-refractivity contribution < 1.29 is 19.1 Å². The second kappa shape index (κ2) is 6.21. The van der Waals surface area contributed by atoms with Crippen LogP contribution in [-0.4, -0.2) is 27.6 Å². The van der Waals surface area contributed by atoms with Crippen molar-refractivity contribution in [1.82, 2.24) is 0 Å². The summed E-state index contributed by atoms with van der Waals surface area (Å²) in [6.45, 7) is 7.74. The van der Waals surface area contributed by atoms with Crippen LogP contribution in [0.15, 0.2) is 0 Å². The van der Waals surface area contributed by atoms with Gasteiger partial charge in [0.2, 0.25) is 0 Å². The van der Waals surface area contributed by atoms with Crippen LogP contribution >= 0.6 is 19.2 Å². The fourth-order valence-electron chi connectivity index (χ4n) is 1.21. The molecule has 2 atom stereocenters. The SMILES string of the molecule is CC(C)C(Cl)C(OCP(=O)(O)O)C(C)C. The lowest BCUT2D eigenvalue weighted by atomic mass is 9.97. The molecule has 2 unspecified atom stereocenters. The molecule has 0 aliphatic carbocycles. The maximum atomic E-state index is 10.7. The van der Waals surface area contributed by atoms with Crippen LogP contribution in [0.5, 0.6) is 0 Å². The molecule has 0 saturated heterocycles. The van der Waals surface area contributed by atoms with Gasteiger partial charge in [-0.2, -0.15) is 0 Å². The number of halogens is 1. The molecule has 0 aliphatic heterocycles. The predicted octanol–water partition coefficient (Wildman–Crippen LogP) is 2.43. The van der Waals surface area contributed by atoms with E-state index in [-0.39, 0.29) is 23.3 Å². The minimum Gasteiger partial charge on any atom is -0.364 e. The van der Waals surface area contributed by atoms with Gasteiger partial charge in [-0.1, -0.05) is 27.7 Å². The van der Waals surface area contributed by atoms with Crippen LogP contribution in [0.1, 0.15) is 27.7 Å². The lowest BCUT2D eigenvalue weighted by Crippen LogP contribution is -2.33. The molecule has 15 heavy (non-hydrogen) atoms. The molecular formula is C9H20ClO4P. The molecule has 0 rings (SSSR count). The smallest absolute Gasteiger partial charge is 0.350 e. The normalized spacial score (nSPS) is 17.1. The van der Waals surface area contributed by atoms with E-state index in [1.54, 1.807) is 0 Å². The number of hydrogen-bond donors (Lipinski definition) is 2. The summed E-state index contributed by atoms with van der Waals surface area (Å²) in [5, 5.41) is -0.239. The lowest BCUT2D eigenvalue weighted by Gasteiger charge is -2.28. The van der Waals surface area contributed by atoms with Crippen molar-refractivity contribution in [3.63, 3.8) is 0 Å². The van der Waals surface area contributed by atoms with Crippen molar-refractivity contribution in [2.75, 3.05) is 6.35 Å². The van der Waals surface area contributed by atoms with Gasteiger partial charge in [0.1, 0.15) is 6.35 Å². The Bertz CT molecular complexity index is 226. The average molecular weight is 259 g/mol. The molecule has 2 N–H and O–H groups in total. The van der Waals surface area contributed by atoms with Gasteiger partial charge in [0.15, 0.2) is 0 Å². The van der Waals surface area contributed by atoms with E-state index in [1.165, 1.54) is 0 Å². The van der Waals surface area contributed by atoms with Crippen molar-refractivity contribution >= 4 is 19.2 Å². The number of ether oxygens (including phenoxy) is 1. The lowest BCUT2D eigenvalue weighted by molar-refractivity contribution is 0.0309. The highest BCUT2D eigenvalue weighted by molar-refractivity contribution is 7.51. The Morgan fingerprint density at radius 3 is 1.93 bits per heavy atom. The Morgan fingerprint density at radius 1 is 1.20 bits per heavy atom. The minimum atomic E-state index is -4.11. The third kappa shape index (κ3) is 6.54. The molecule has 0 heterocycles. The summed E-state index contributed by atoms with van der Waals surface area (Å²) in [6, 6.07) is 0. The minimum absolute atomic E-state index is 0.126. The first kappa shape index (κ1) is 15.4. The summed E-state index contributed by atoms with van der Waals surface area (Å²) in [5.41, 5.74) is 0. The molecule has 0 aromatic rings. The van der Waals surface area contributed by atoms with Crippen molar-refractivity contribution in [1.29, 1.82) is 0 Å². The van der Waals surface area contributed by atoms with Gasteiger partial charge in [-0.25, -0.2) is 0 Å². The molecule has 0 saturated carbocycles. The number of hydrogen-bond acceptors (Lipinski definition) is 2. The summed E-state index contributed by atoms with van der Waals surface area (Å²) in [5.74, 6) is 0.331. The van der Waals surface area contributed by atoms with E-state index in [1.807, 2.05) is 27.7 Å². The second-order valence-corrected chi connectivity index (χ2v) is 6.45. The molecule has 0 bridgehead atoms. The maximum absolute atomic E-state index is 10.7. The van der Waals surface area contributed by atoms with Crippen LogP contribution in [0.4, 0.5) is 0 Å². The summed E-state index contributed by atoms with van der Waals surface area (Å²) in [7, 11) is -4.11. The molecule has 4 nitrogen and oxygen atoms in total. The number of alkyl halides is 1. The molecular weight excluding hydrogens is 239 g/mol. The Labute approximate surface area is 96.1 Å². The van der Waals surface area contributed by atoms with E-state index in [0.717, 1.165) is 0 Å². The molecule has 0 aromatic carbocycles. The van der Waals surface area contributed by atoms with Crippen molar-refractivity contribution in [2.45, 2.75) is 39.2 Å². The fraction of sp³-hybridized carbons (Fsp3) is 1.00. The van der Waals surface area contributed by atoms with E-state index < -0.39 is 13.9 Å². The van der Waals surface area contributed by atoms with Crippen LogP contribution in [-0.2, 0) is 9.30 Å². The molecule has 0 radical (unpaired) electrons. The van der Waals surface area contributed by atoms with Crippen LogP contribution in [0.25, 0.3) is 0 Å². The van der Waals surface area contributed by atoms with Gasteiger partial charge in [0.05, 0.1) is 11.5 Å². The highest BCUT2D eigenvalue weighted by Gasteiger charge is 2.28. The van der Waals surface area contributed by atoms with Gasteiger partial charge in [-0.15, -0.1) is 11.6 Å².